The number of aryl methyl sites for hydroxylation is 2. The summed E-state index contributed by atoms with van der Waals surface area (Å²) in [5, 5.41) is 14.3. The van der Waals surface area contributed by atoms with Crippen LogP contribution in [-0.2, 0) is 0 Å². The van der Waals surface area contributed by atoms with Crippen molar-refractivity contribution in [2.75, 3.05) is 0 Å². The standard InChI is InChI=1S/C6H7N5S/c1-3-4(2)12-6(7-3)5-8-10-11-9-5/h1-2H3,(H,8,9,10,11). The molecule has 0 aliphatic rings. The van der Waals surface area contributed by atoms with Crippen molar-refractivity contribution in [3.8, 4) is 10.8 Å². The molecule has 0 aliphatic heterocycles. The van der Waals surface area contributed by atoms with Gasteiger partial charge in [-0.3, -0.25) is 0 Å². The molecule has 0 atom stereocenters. The monoisotopic (exact) mass is 181 g/mol. The van der Waals surface area contributed by atoms with Gasteiger partial charge in [0.1, 0.15) is 0 Å². The number of thiazole rings is 1. The van der Waals surface area contributed by atoms with Crippen molar-refractivity contribution in [2.45, 2.75) is 13.8 Å². The lowest BCUT2D eigenvalue weighted by molar-refractivity contribution is 0.881. The minimum atomic E-state index is 0.635. The number of tetrazole rings is 1. The Kier molecular flexibility index (Phi) is 1.61. The van der Waals surface area contributed by atoms with E-state index in [9.17, 15) is 0 Å². The quantitative estimate of drug-likeness (QED) is 0.711. The van der Waals surface area contributed by atoms with Crippen molar-refractivity contribution in [1.82, 2.24) is 25.6 Å². The Morgan fingerprint density at radius 3 is 2.67 bits per heavy atom. The third kappa shape index (κ3) is 1.10. The van der Waals surface area contributed by atoms with Crippen LogP contribution in [0.5, 0.6) is 0 Å². The average molecular weight is 181 g/mol. The van der Waals surface area contributed by atoms with Crippen LogP contribution in [0.2, 0.25) is 0 Å². The molecule has 2 aromatic heterocycles. The van der Waals surface area contributed by atoms with Crippen LogP contribution in [0.4, 0.5) is 0 Å². The normalized spacial score (nSPS) is 10.5. The fraction of sp³-hybridized carbons (Fsp3) is 0.333. The zero-order chi connectivity index (χ0) is 8.55. The Hall–Kier alpha value is -1.30. The summed E-state index contributed by atoms with van der Waals surface area (Å²) in [6, 6.07) is 0. The van der Waals surface area contributed by atoms with Crippen LogP contribution in [0.3, 0.4) is 0 Å². The highest BCUT2D eigenvalue weighted by molar-refractivity contribution is 7.15. The lowest BCUT2D eigenvalue weighted by Gasteiger charge is -1.81. The van der Waals surface area contributed by atoms with Crippen LogP contribution in [0.25, 0.3) is 10.8 Å². The third-order valence-corrected chi connectivity index (χ3v) is 2.66. The number of H-pyrrole nitrogens is 1. The maximum absolute atomic E-state index is 4.30. The molecule has 2 heterocycles. The molecule has 1 N–H and O–H groups in total. The van der Waals surface area contributed by atoms with Gasteiger partial charge in [0, 0.05) is 4.88 Å². The molecule has 0 radical (unpaired) electrons. The molecule has 0 spiro atoms. The fourth-order valence-corrected chi connectivity index (χ4v) is 1.67. The molecule has 0 saturated carbocycles. The SMILES string of the molecule is Cc1nc(-c2nnn[nH]2)sc1C. The highest BCUT2D eigenvalue weighted by Gasteiger charge is 2.08. The maximum Gasteiger partial charge on any atom is 0.208 e. The molecular formula is C6H7N5S. The first-order valence-electron chi connectivity index (χ1n) is 3.45. The lowest BCUT2D eigenvalue weighted by atomic mass is 10.4. The van der Waals surface area contributed by atoms with Gasteiger partial charge in [-0.05, 0) is 24.3 Å². The Morgan fingerprint density at radius 2 is 2.17 bits per heavy atom. The van der Waals surface area contributed by atoms with Gasteiger partial charge in [-0.1, -0.05) is 0 Å². The van der Waals surface area contributed by atoms with Crippen molar-refractivity contribution >= 4 is 11.3 Å². The number of hydrogen-bond donors (Lipinski definition) is 1. The Bertz CT molecular complexity index is 357. The largest absolute Gasteiger partial charge is 0.238 e. The first-order valence-corrected chi connectivity index (χ1v) is 4.27. The van der Waals surface area contributed by atoms with Gasteiger partial charge in [-0.2, -0.15) is 0 Å². The third-order valence-electron chi connectivity index (χ3n) is 1.58. The first kappa shape index (κ1) is 7.35. The molecule has 0 amide bonds. The fourth-order valence-electron chi connectivity index (χ4n) is 0.824. The van der Waals surface area contributed by atoms with Crippen LogP contribution in [0, 0.1) is 13.8 Å². The highest BCUT2D eigenvalue weighted by Crippen LogP contribution is 2.23. The van der Waals surface area contributed by atoms with E-state index < -0.39 is 0 Å². The molecule has 12 heavy (non-hydrogen) atoms. The van der Waals surface area contributed by atoms with E-state index in [0.29, 0.717) is 5.82 Å². The van der Waals surface area contributed by atoms with Gasteiger partial charge >= 0.3 is 0 Å². The molecule has 5 nitrogen and oxygen atoms in total. The van der Waals surface area contributed by atoms with Crippen molar-refractivity contribution < 1.29 is 0 Å². The predicted octanol–water partition coefficient (Wildman–Crippen LogP) is 0.940. The van der Waals surface area contributed by atoms with E-state index in [1.807, 2.05) is 13.8 Å². The number of nitrogens with zero attached hydrogens (tertiary/aromatic N) is 4. The number of aromatic nitrogens is 5. The van der Waals surface area contributed by atoms with E-state index in [2.05, 4.69) is 25.6 Å². The summed E-state index contributed by atoms with van der Waals surface area (Å²) < 4.78 is 0. The summed E-state index contributed by atoms with van der Waals surface area (Å²) in [6.07, 6.45) is 0. The number of rotatable bonds is 1. The smallest absolute Gasteiger partial charge is 0.208 e. The van der Waals surface area contributed by atoms with Crippen molar-refractivity contribution in [1.29, 1.82) is 0 Å². The minimum Gasteiger partial charge on any atom is -0.238 e. The summed E-state index contributed by atoms with van der Waals surface area (Å²) in [7, 11) is 0. The van der Waals surface area contributed by atoms with E-state index in [4.69, 9.17) is 0 Å². The molecule has 62 valence electrons. The zero-order valence-corrected chi connectivity index (χ0v) is 7.51. The highest BCUT2D eigenvalue weighted by atomic mass is 32.1. The van der Waals surface area contributed by atoms with Gasteiger partial charge < -0.3 is 0 Å². The van der Waals surface area contributed by atoms with Gasteiger partial charge in [-0.25, -0.2) is 10.1 Å². The molecule has 0 fully saturated rings. The van der Waals surface area contributed by atoms with E-state index >= 15 is 0 Å². The van der Waals surface area contributed by atoms with Crippen LogP contribution in [0.1, 0.15) is 10.6 Å². The summed E-state index contributed by atoms with van der Waals surface area (Å²) in [6.45, 7) is 4.00. The van der Waals surface area contributed by atoms with E-state index in [0.717, 1.165) is 10.7 Å². The second-order valence-electron chi connectivity index (χ2n) is 2.41. The van der Waals surface area contributed by atoms with E-state index in [1.165, 1.54) is 4.88 Å². The van der Waals surface area contributed by atoms with Gasteiger partial charge in [-0.15, -0.1) is 16.4 Å². The zero-order valence-electron chi connectivity index (χ0n) is 6.70. The van der Waals surface area contributed by atoms with Crippen molar-refractivity contribution in [3.05, 3.63) is 10.6 Å². The molecule has 2 rings (SSSR count). The molecular weight excluding hydrogens is 174 g/mol. The molecule has 0 bridgehead atoms. The second kappa shape index (κ2) is 2.63. The summed E-state index contributed by atoms with van der Waals surface area (Å²) in [4.78, 5) is 5.49. The lowest BCUT2D eigenvalue weighted by Crippen LogP contribution is -1.79. The average Bonchev–Trinajstić information content (AvgIpc) is 2.61. The van der Waals surface area contributed by atoms with Crippen LogP contribution < -0.4 is 0 Å². The molecule has 0 aromatic carbocycles. The van der Waals surface area contributed by atoms with Crippen molar-refractivity contribution in [2.24, 2.45) is 0 Å². The summed E-state index contributed by atoms with van der Waals surface area (Å²) in [5.74, 6) is 0.635. The minimum absolute atomic E-state index is 0.635. The summed E-state index contributed by atoms with van der Waals surface area (Å²) in [5.41, 5.74) is 1.03. The van der Waals surface area contributed by atoms with Gasteiger partial charge in [0.2, 0.25) is 5.82 Å². The molecule has 0 unspecified atom stereocenters. The number of aromatic amines is 1. The van der Waals surface area contributed by atoms with Crippen LogP contribution in [0.15, 0.2) is 0 Å². The van der Waals surface area contributed by atoms with Gasteiger partial charge in [0.25, 0.3) is 0 Å². The molecule has 0 saturated heterocycles. The Balaban J connectivity index is 2.48. The Labute approximate surface area is 72.9 Å². The number of hydrogen-bond acceptors (Lipinski definition) is 5. The van der Waals surface area contributed by atoms with Crippen LogP contribution >= 0.6 is 11.3 Å². The van der Waals surface area contributed by atoms with E-state index in [1.54, 1.807) is 11.3 Å². The maximum atomic E-state index is 4.30. The first-order chi connectivity index (χ1) is 5.77. The molecule has 0 aliphatic carbocycles. The number of nitrogens with one attached hydrogen (secondary N) is 1. The molecule has 6 heteroatoms. The van der Waals surface area contributed by atoms with Gasteiger partial charge in [0.05, 0.1) is 5.69 Å². The second-order valence-corrected chi connectivity index (χ2v) is 3.61. The molecule has 2 aromatic rings. The van der Waals surface area contributed by atoms with E-state index in [-0.39, 0.29) is 0 Å². The van der Waals surface area contributed by atoms with Gasteiger partial charge in [0.15, 0.2) is 5.01 Å². The predicted molar refractivity (Wildman–Crippen MR) is 44.8 cm³/mol. The van der Waals surface area contributed by atoms with Crippen molar-refractivity contribution in [3.63, 3.8) is 0 Å². The Morgan fingerprint density at radius 1 is 1.33 bits per heavy atom. The van der Waals surface area contributed by atoms with Crippen LogP contribution in [-0.4, -0.2) is 25.6 Å². The summed E-state index contributed by atoms with van der Waals surface area (Å²) >= 11 is 1.59. The topological polar surface area (TPSA) is 67.3 Å².